The fourth-order valence-electron chi connectivity index (χ4n) is 0.222. The van der Waals surface area contributed by atoms with Crippen molar-refractivity contribution in [2.24, 2.45) is 0 Å². The van der Waals surface area contributed by atoms with Gasteiger partial charge in [-0.15, -0.1) is 0 Å². The Balaban J connectivity index is 3.54. The molecule has 0 aromatic carbocycles. The Hall–Kier alpha value is -0.480. The van der Waals surface area contributed by atoms with E-state index in [-0.39, 0.29) is 0 Å². The maximum Gasteiger partial charge on any atom is 0.518 e. The molecule has 0 saturated heterocycles. The van der Waals surface area contributed by atoms with Crippen LogP contribution in [-0.4, -0.2) is 17.1 Å². The molecule has 0 aliphatic heterocycles. The SMILES string of the molecule is CC(Cl)OC(=O)OC(=O)Cl. The van der Waals surface area contributed by atoms with Crippen LogP contribution >= 0.6 is 23.2 Å². The molecule has 0 amide bonds. The van der Waals surface area contributed by atoms with Gasteiger partial charge in [0.15, 0.2) is 5.56 Å². The summed E-state index contributed by atoms with van der Waals surface area (Å²) in [6.07, 6.45) is -1.21. The van der Waals surface area contributed by atoms with Crippen LogP contribution in [0.4, 0.5) is 9.59 Å². The zero-order chi connectivity index (χ0) is 8.15. The molecule has 58 valence electrons. The first-order valence-electron chi connectivity index (χ1n) is 2.24. The molecule has 0 aliphatic rings. The topological polar surface area (TPSA) is 52.6 Å². The van der Waals surface area contributed by atoms with Crippen molar-refractivity contribution < 1.29 is 19.1 Å². The Morgan fingerprint density at radius 2 is 2.00 bits per heavy atom. The smallest absolute Gasteiger partial charge is 0.414 e. The van der Waals surface area contributed by atoms with E-state index in [1.807, 2.05) is 0 Å². The van der Waals surface area contributed by atoms with Crippen molar-refractivity contribution in [2.45, 2.75) is 12.5 Å². The van der Waals surface area contributed by atoms with Gasteiger partial charge in [0.05, 0.1) is 0 Å². The van der Waals surface area contributed by atoms with Gasteiger partial charge in [0.1, 0.15) is 0 Å². The van der Waals surface area contributed by atoms with Crippen LogP contribution in [-0.2, 0) is 9.47 Å². The molecule has 1 unspecified atom stereocenters. The number of ether oxygens (including phenoxy) is 2. The highest BCUT2D eigenvalue weighted by atomic mass is 35.5. The maximum atomic E-state index is 10.2. The van der Waals surface area contributed by atoms with Crippen LogP contribution in [0.5, 0.6) is 0 Å². The molecule has 0 saturated carbocycles. The second kappa shape index (κ2) is 4.35. The predicted octanol–water partition coefficient (Wildman–Crippen LogP) is 2.08. The van der Waals surface area contributed by atoms with E-state index >= 15 is 0 Å². The third-order valence-corrected chi connectivity index (χ3v) is 0.588. The summed E-state index contributed by atoms with van der Waals surface area (Å²) in [6.45, 7) is 1.39. The molecule has 6 heteroatoms. The fourth-order valence-corrected chi connectivity index (χ4v) is 0.358. The Morgan fingerprint density at radius 3 is 2.30 bits per heavy atom. The molecule has 10 heavy (non-hydrogen) atoms. The molecule has 0 aromatic rings. The number of hydrogen-bond donors (Lipinski definition) is 0. The molecule has 0 fully saturated rings. The zero-order valence-corrected chi connectivity index (χ0v) is 6.48. The largest absolute Gasteiger partial charge is 0.518 e. The van der Waals surface area contributed by atoms with Gasteiger partial charge in [0.25, 0.3) is 0 Å². The average Bonchev–Trinajstić information content (AvgIpc) is 1.58. The molecule has 0 spiro atoms. The standard InChI is InChI=1S/C4H4Cl2O4/c1-2(5)9-4(8)10-3(6)7/h2H,1H3. The van der Waals surface area contributed by atoms with Gasteiger partial charge in [0.2, 0.25) is 0 Å². The van der Waals surface area contributed by atoms with Crippen molar-refractivity contribution in [2.75, 3.05) is 0 Å². The molecule has 1 atom stereocenters. The third kappa shape index (κ3) is 5.65. The van der Waals surface area contributed by atoms with E-state index < -0.39 is 17.1 Å². The van der Waals surface area contributed by atoms with Crippen molar-refractivity contribution in [1.82, 2.24) is 0 Å². The first kappa shape index (κ1) is 9.52. The Bertz CT molecular complexity index is 144. The Labute approximate surface area is 67.0 Å². The van der Waals surface area contributed by atoms with Crippen molar-refractivity contribution in [3.05, 3.63) is 0 Å². The molecule has 0 rings (SSSR count). The minimum Gasteiger partial charge on any atom is -0.414 e. The van der Waals surface area contributed by atoms with Gasteiger partial charge in [-0.1, -0.05) is 11.6 Å². The lowest BCUT2D eigenvalue weighted by Gasteiger charge is -2.02. The third-order valence-electron chi connectivity index (χ3n) is 0.422. The highest BCUT2D eigenvalue weighted by Crippen LogP contribution is 1.99. The molecule has 0 aromatic heterocycles. The molecule has 0 bridgehead atoms. The lowest BCUT2D eigenvalue weighted by molar-refractivity contribution is 0.0771. The van der Waals surface area contributed by atoms with Crippen LogP contribution in [0.25, 0.3) is 0 Å². The molecular weight excluding hydrogens is 183 g/mol. The summed E-state index contributed by atoms with van der Waals surface area (Å²) in [4.78, 5) is 20.1. The molecular formula is C4H4Cl2O4. The zero-order valence-electron chi connectivity index (χ0n) is 4.97. The average molecular weight is 187 g/mol. The Kier molecular flexibility index (Phi) is 4.14. The van der Waals surface area contributed by atoms with Gasteiger partial charge in [0, 0.05) is 11.6 Å². The van der Waals surface area contributed by atoms with E-state index in [0.29, 0.717) is 0 Å². The number of carbonyl (C=O) groups is 2. The van der Waals surface area contributed by atoms with Gasteiger partial charge in [-0.3, -0.25) is 0 Å². The molecule has 0 N–H and O–H groups in total. The van der Waals surface area contributed by atoms with E-state index in [2.05, 4.69) is 21.1 Å². The summed E-state index contributed by atoms with van der Waals surface area (Å²) in [5.74, 6) is 0. The van der Waals surface area contributed by atoms with Gasteiger partial charge in [-0.2, -0.15) is 0 Å². The lowest BCUT2D eigenvalue weighted by atomic mass is 10.9. The fraction of sp³-hybridized carbons (Fsp3) is 0.500. The monoisotopic (exact) mass is 186 g/mol. The maximum absolute atomic E-state index is 10.2. The minimum absolute atomic E-state index is 0.844. The van der Waals surface area contributed by atoms with Crippen LogP contribution in [0.15, 0.2) is 0 Å². The van der Waals surface area contributed by atoms with Crippen LogP contribution in [0.2, 0.25) is 0 Å². The lowest BCUT2D eigenvalue weighted by Crippen LogP contribution is -2.12. The van der Waals surface area contributed by atoms with Crippen molar-refractivity contribution in [3.8, 4) is 0 Å². The predicted molar refractivity (Wildman–Crippen MR) is 34.1 cm³/mol. The van der Waals surface area contributed by atoms with Gasteiger partial charge >= 0.3 is 11.6 Å². The number of alkyl halides is 1. The molecule has 0 radical (unpaired) electrons. The first-order valence-corrected chi connectivity index (χ1v) is 3.06. The number of rotatable bonds is 1. The summed E-state index contributed by atoms with van der Waals surface area (Å²) in [7, 11) is 0. The van der Waals surface area contributed by atoms with Gasteiger partial charge < -0.3 is 9.47 Å². The highest BCUT2D eigenvalue weighted by Gasteiger charge is 2.10. The van der Waals surface area contributed by atoms with Gasteiger partial charge in [-0.05, 0) is 6.92 Å². The van der Waals surface area contributed by atoms with Crippen LogP contribution in [0.3, 0.4) is 0 Å². The molecule has 4 nitrogen and oxygen atoms in total. The van der Waals surface area contributed by atoms with Crippen LogP contribution < -0.4 is 0 Å². The summed E-state index contributed by atoms with van der Waals surface area (Å²) in [5.41, 5.74) is -2.09. The Morgan fingerprint density at radius 1 is 1.50 bits per heavy atom. The normalized spacial score (nSPS) is 11.9. The van der Waals surface area contributed by atoms with Crippen LogP contribution in [0, 0.1) is 0 Å². The summed E-state index contributed by atoms with van der Waals surface area (Å²) < 4.78 is 7.90. The number of halogens is 2. The van der Waals surface area contributed by atoms with E-state index in [9.17, 15) is 9.59 Å². The van der Waals surface area contributed by atoms with Crippen LogP contribution in [0.1, 0.15) is 6.92 Å². The van der Waals surface area contributed by atoms with Crippen molar-refractivity contribution >= 4 is 34.8 Å². The highest BCUT2D eigenvalue weighted by molar-refractivity contribution is 6.61. The minimum atomic E-state index is -1.25. The summed E-state index contributed by atoms with van der Waals surface area (Å²) in [6, 6.07) is 0. The first-order chi connectivity index (χ1) is 4.52. The van der Waals surface area contributed by atoms with E-state index in [4.69, 9.17) is 11.6 Å². The van der Waals surface area contributed by atoms with E-state index in [1.54, 1.807) is 0 Å². The quantitative estimate of drug-likeness (QED) is 0.273. The second-order valence-electron chi connectivity index (χ2n) is 1.25. The van der Waals surface area contributed by atoms with E-state index in [0.717, 1.165) is 0 Å². The number of hydrogen-bond acceptors (Lipinski definition) is 4. The van der Waals surface area contributed by atoms with Crippen molar-refractivity contribution in [1.29, 1.82) is 0 Å². The molecule has 0 aliphatic carbocycles. The van der Waals surface area contributed by atoms with Gasteiger partial charge in [-0.25, -0.2) is 9.59 Å². The van der Waals surface area contributed by atoms with E-state index in [1.165, 1.54) is 6.92 Å². The molecule has 0 heterocycles. The second-order valence-corrected chi connectivity index (χ2v) is 2.17. The number of carbonyl (C=O) groups excluding carboxylic acids is 2. The van der Waals surface area contributed by atoms with Crippen molar-refractivity contribution in [3.63, 3.8) is 0 Å². The summed E-state index contributed by atoms with van der Waals surface area (Å²) >= 11 is 9.83. The summed E-state index contributed by atoms with van der Waals surface area (Å²) in [5, 5.41) is 0.